The van der Waals surface area contributed by atoms with Gasteiger partial charge in [-0.05, 0) is 66.6 Å². The van der Waals surface area contributed by atoms with E-state index in [2.05, 4.69) is 10.3 Å². The molecule has 0 bridgehead atoms. The first-order valence-electron chi connectivity index (χ1n) is 11.9. The number of hydrogen-bond acceptors (Lipinski definition) is 6. The first-order valence-corrected chi connectivity index (χ1v) is 11.9. The lowest BCUT2D eigenvalue weighted by Gasteiger charge is -2.24. The van der Waals surface area contributed by atoms with Gasteiger partial charge in [0, 0.05) is 17.7 Å². The molecule has 9 heteroatoms. The minimum absolute atomic E-state index is 0.0164. The lowest BCUT2D eigenvalue weighted by molar-refractivity contribution is -0.132. The summed E-state index contributed by atoms with van der Waals surface area (Å²) < 4.78 is 39.4. The fourth-order valence-electron chi connectivity index (χ4n) is 4.41. The van der Waals surface area contributed by atoms with Gasteiger partial charge in [0.25, 0.3) is 6.01 Å². The van der Waals surface area contributed by atoms with Crippen molar-refractivity contribution in [1.29, 1.82) is 0 Å². The number of likely N-dealkylation sites (tertiary alicyclic amines) is 1. The second-order valence-corrected chi connectivity index (χ2v) is 9.11. The Morgan fingerprint density at radius 2 is 2.00 bits per heavy atom. The van der Waals surface area contributed by atoms with Crippen molar-refractivity contribution in [2.24, 2.45) is 0 Å². The zero-order chi connectivity index (χ0) is 25.9. The van der Waals surface area contributed by atoms with Crippen molar-refractivity contribution < 1.29 is 27.5 Å². The SMILES string of the molecule is Cc1ccc(F)cc1Nc1nc2ccc(CC(=O)N3C[C@@H](F)C[C@H]3COc3ccc(C=O)cc3)cc2o1. The summed E-state index contributed by atoms with van der Waals surface area (Å²) in [6, 6.07) is 16.1. The van der Waals surface area contributed by atoms with E-state index in [-0.39, 0.29) is 43.7 Å². The van der Waals surface area contributed by atoms with Crippen molar-refractivity contribution in [3.05, 3.63) is 83.2 Å². The number of hydrogen-bond donors (Lipinski definition) is 1. The Kier molecular flexibility index (Phi) is 6.85. The number of aldehydes is 1. The maximum absolute atomic E-state index is 14.2. The van der Waals surface area contributed by atoms with Crippen molar-refractivity contribution in [2.45, 2.75) is 32.0 Å². The third-order valence-corrected chi connectivity index (χ3v) is 6.39. The number of alkyl halides is 1. The normalized spacial score (nSPS) is 17.2. The summed E-state index contributed by atoms with van der Waals surface area (Å²) in [5.74, 6) is -0.0338. The van der Waals surface area contributed by atoms with Crippen LogP contribution in [-0.2, 0) is 11.2 Å². The quantitative estimate of drug-likeness (QED) is 0.323. The molecule has 190 valence electrons. The molecule has 1 aliphatic heterocycles. The van der Waals surface area contributed by atoms with Crippen LogP contribution in [0.5, 0.6) is 5.75 Å². The number of rotatable bonds is 8. The molecule has 1 fully saturated rings. The molecule has 0 spiro atoms. The molecular weight excluding hydrogens is 480 g/mol. The number of amides is 1. The van der Waals surface area contributed by atoms with Crippen LogP contribution in [0, 0.1) is 12.7 Å². The standard InChI is InChI=1S/C28H25F2N3O4/c1-17-2-6-20(29)13-25(17)32-28-31-24-9-5-19(10-26(24)37-28)11-27(35)33-14-21(30)12-22(33)16-36-23-7-3-18(15-34)4-8-23/h2-10,13,15,21-22H,11-12,14,16H2,1H3,(H,31,32)/t21-,22-/m0/s1. The van der Waals surface area contributed by atoms with Gasteiger partial charge in [-0.25, -0.2) is 8.78 Å². The molecule has 0 radical (unpaired) electrons. The molecule has 1 amide bonds. The maximum Gasteiger partial charge on any atom is 0.300 e. The van der Waals surface area contributed by atoms with Crippen LogP contribution in [0.4, 0.5) is 20.5 Å². The molecule has 3 aromatic carbocycles. The van der Waals surface area contributed by atoms with Gasteiger partial charge in [0.15, 0.2) is 5.58 Å². The topological polar surface area (TPSA) is 84.7 Å². The molecule has 37 heavy (non-hydrogen) atoms. The van der Waals surface area contributed by atoms with Gasteiger partial charge >= 0.3 is 0 Å². The zero-order valence-electron chi connectivity index (χ0n) is 20.1. The van der Waals surface area contributed by atoms with E-state index in [0.29, 0.717) is 33.7 Å². The van der Waals surface area contributed by atoms with Crippen molar-refractivity contribution >= 4 is 35.0 Å². The number of aromatic nitrogens is 1. The highest BCUT2D eigenvalue weighted by Crippen LogP contribution is 2.27. The Morgan fingerprint density at radius 1 is 1.19 bits per heavy atom. The average Bonchev–Trinajstić information content (AvgIpc) is 3.47. The minimum atomic E-state index is -1.12. The summed E-state index contributed by atoms with van der Waals surface area (Å²) in [7, 11) is 0. The summed E-state index contributed by atoms with van der Waals surface area (Å²) >= 11 is 0. The number of nitrogens with one attached hydrogen (secondary N) is 1. The number of aryl methyl sites for hydroxylation is 1. The minimum Gasteiger partial charge on any atom is -0.491 e. The number of carbonyl (C=O) groups is 2. The summed E-state index contributed by atoms with van der Waals surface area (Å²) in [4.78, 5) is 29.8. The number of benzene rings is 3. The Morgan fingerprint density at radius 3 is 2.78 bits per heavy atom. The fraction of sp³-hybridized carbons (Fsp3) is 0.250. The number of anilines is 2. The largest absolute Gasteiger partial charge is 0.491 e. The van der Waals surface area contributed by atoms with Gasteiger partial charge in [0.2, 0.25) is 5.91 Å². The van der Waals surface area contributed by atoms with Crippen LogP contribution in [0.3, 0.4) is 0 Å². The first-order chi connectivity index (χ1) is 17.9. The highest BCUT2D eigenvalue weighted by Gasteiger charge is 2.35. The second kappa shape index (κ2) is 10.4. The lowest BCUT2D eigenvalue weighted by Crippen LogP contribution is -2.40. The van der Waals surface area contributed by atoms with Gasteiger partial charge in [-0.2, -0.15) is 4.98 Å². The van der Waals surface area contributed by atoms with Gasteiger partial charge in [-0.15, -0.1) is 0 Å². The average molecular weight is 506 g/mol. The molecule has 1 N–H and O–H groups in total. The van der Waals surface area contributed by atoms with Crippen molar-refractivity contribution in [2.75, 3.05) is 18.5 Å². The van der Waals surface area contributed by atoms with Crippen LogP contribution < -0.4 is 10.1 Å². The van der Waals surface area contributed by atoms with E-state index >= 15 is 0 Å². The highest BCUT2D eigenvalue weighted by atomic mass is 19.1. The highest BCUT2D eigenvalue weighted by molar-refractivity contribution is 5.82. The number of ether oxygens (including phenoxy) is 1. The Bertz CT molecular complexity index is 1440. The van der Waals surface area contributed by atoms with Crippen molar-refractivity contribution in [3.8, 4) is 5.75 Å². The van der Waals surface area contributed by atoms with Crippen LogP contribution in [0.15, 0.2) is 65.1 Å². The van der Waals surface area contributed by atoms with Gasteiger partial charge in [-0.3, -0.25) is 9.59 Å². The predicted octanol–water partition coefficient (Wildman–Crippen LogP) is 5.39. The number of carbonyl (C=O) groups excluding carboxylic acids is 2. The smallest absolute Gasteiger partial charge is 0.300 e. The second-order valence-electron chi connectivity index (χ2n) is 9.11. The molecule has 0 unspecified atom stereocenters. The van der Waals surface area contributed by atoms with Crippen LogP contribution in [-0.4, -0.2) is 47.4 Å². The Balaban J connectivity index is 1.25. The number of oxazole rings is 1. The molecule has 2 heterocycles. The molecule has 1 saturated heterocycles. The Hall–Kier alpha value is -4.27. The van der Waals surface area contributed by atoms with Crippen LogP contribution in [0.25, 0.3) is 11.1 Å². The molecule has 4 aromatic rings. The molecule has 0 saturated carbocycles. The summed E-state index contributed by atoms with van der Waals surface area (Å²) in [6.07, 6.45) is -0.104. The predicted molar refractivity (Wildman–Crippen MR) is 134 cm³/mol. The molecule has 2 atom stereocenters. The molecule has 1 aliphatic rings. The molecular formula is C28H25F2N3O4. The summed E-state index contributed by atoms with van der Waals surface area (Å²) in [6.45, 7) is 2.01. The summed E-state index contributed by atoms with van der Waals surface area (Å²) in [5, 5.41) is 2.99. The monoisotopic (exact) mass is 505 g/mol. The molecule has 5 rings (SSSR count). The molecule has 7 nitrogen and oxygen atoms in total. The third kappa shape index (κ3) is 5.61. The van der Waals surface area contributed by atoms with Crippen LogP contribution in [0.1, 0.15) is 27.9 Å². The van der Waals surface area contributed by atoms with Crippen LogP contribution in [0.2, 0.25) is 0 Å². The van der Waals surface area contributed by atoms with Gasteiger partial charge < -0.3 is 19.4 Å². The van der Waals surface area contributed by atoms with E-state index in [1.165, 1.54) is 17.0 Å². The third-order valence-electron chi connectivity index (χ3n) is 6.39. The van der Waals surface area contributed by atoms with E-state index in [4.69, 9.17) is 9.15 Å². The van der Waals surface area contributed by atoms with Gasteiger partial charge in [-0.1, -0.05) is 12.1 Å². The number of fused-ring (bicyclic) bond motifs is 1. The zero-order valence-corrected chi connectivity index (χ0v) is 20.1. The molecule has 0 aliphatic carbocycles. The van der Waals surface area contributed by atoms with Gasteiger partial charge in [0.1, 0.15) is 36.1 Å². The van der Waals surface area contributed by atoms with Crippen molar-refractivity contribution in [1.82, 2.24) is 9.88 Å². The number of nitrogens with zero attached hydrogens (tertiary/aromatic N) is 2. The van der Waals surface area contributed by atoms with Gasteiger partial charge in [0.05, 0.1) is 19.0 Å². The van der Waals surface area contributed by atoms with E-state index in [1.807, 2.05) is 6.92 Å². The van der Waals surface area contributed by atoms with E-state index in [1.54, 1.807) is 48.5 Å². The van der Waals surface area contributed by atoms with E-state index < -0.39 is 12.2 Å². The summed E-state index contributed by atoms with van der Waals surface area (Å²) in [5.41, 5.74) is 3.68. The first kappa shape index (κ1) is 24.4. The maximum atomic E-state index is 14.2. The van der Waals surface area contributed by atoms with Crippen LogP contribution >= 0.6 is 0 Å². The fourth-order valence-corrected chi connectivity index (χ4v) is 4.41. The van der Waals surface area contributed by atoms with E-state index in [0.717, 1.165) is 11.8 Å². The van der Waals surface area contributed by atoms with Crippen molar-refractivity contribution in [3.63, 3.8) is 0 Å². The Labute approximate surface area is 212 Å². The molecule has 1 aromatic heterocycles. The van der Waals surface area contributed by atoms with E-state index in [9.17, 15) is 18.4 Å². The number of halogens is 2. The lowest BCUT2D eigenvalue weighted by atomic mass is 10.1.